The molecule has 0 bridgehead atoms. The van der Waals surface area contributed by atoms with Crippen LogP contribution in [0.15, 0.2) is 91.0 Å². The number of hydrogen-bond acceptors (Lipinski definition) is 3. The maximum atomic E-state index is 11.0. The van der Waals surface area contributed by atoms with E-state index in [0.29, 0.717) is 12.2 Å². The number of hydrogen-bond donors (Lipinski definition) is 1. The predicted molar refractivity (Wildman–Crippen MR) is 158 cm³/mol. The van der Waals surface area contributed by atoms with Crippen LogP contribution in [-0.2, 0) is 58.6 Å². The maximum Gasteiger partial charge on any atom is 0.167 e. The van der Waals surface area contributed by atoms with Gasteiger partial charge in [0.05, 0.1) is 5.68 Å². The van der Waals surface area contributed by atoms with E-state index in [1.807, 2.05) is 115 Å². The van der Waals surface area contributed by atoms with Gasteiger partial charge in [-0.25, -0.2) is 0 Å². The molecule has 1 N–H and O–H groups in total. The molecule has 0 unspecified atom stereocenters. The number of phenols is 1. The third-order valence-corrected chi connectivity index (χ3v) is 2.78. The zero-order valence-electron chi connectivity index (χ0n) is 24.7. The van der Waals surface area contributed by atoms with Crippen LogP contribution in [0.2, 0.25) is 0 Å². The zero-order chi connectivity index (χ0) is 26.3. The van der Waals surface area contributed by atoms with Crippen molar-refractivity contribution < 1.29 is 68.5 Å². The Morgan fingerprint density at radius 2 is 1.03 bits per heavy atom. The molecule has 0 amide bonds. The van der Waals surface area contributed by atoms with Crippen molar-refractivity contribution in [3.8, 4) is 5.75 Å². The number of carbonyl (C=O) groups is 2. The summed E-state index contributed by atoms with van der Waals surface area (Å²) in [6, 6.07) is 30.6. The van der Waals surface area contributed by atoms with Gasteiger partial charge in [-0.05, 0) is 19.1 Å². The summed E-state index contributed by atoms with van der Waals surface area (Å²) < 4.78 is 0. The van der Waals surface area contributed by atoms with Gasteiger partial charge in [0.1, 0.15) is 5.75 Å². The molecule has 0 aliphatic carbocycles. The van der Waals surface area contributed by atoms with E-state index in [-0.39, 0.29) is 80.1 Å². The molecule has 0 spiro atoms. The average Bonchev–Trinajstić information content (AvgIpc) is 2.89. The Balaban J connectivity index is -0.0000000471. The summed E-state index contributed by atoms with van der Waals surface area (Å²) in [6.45, 7) is 15.2. The van der Waals surface area contributed by atoms with Crippen LogP contribution in [0.3, 0.4) is 0 Å². The minimum atomic E-state index is -0.333. The van der Waals surface area contributed by atoms with Gasteiger partial charge in [-0.3, -0.25) is 4.79 Å². The van der Waals surface area contributed by atoms with E-state index in [1.165, 1.54) is 6.92 Å². The van der Waals surface area contributed by atoms with Crippen molar-refractivity contribution in [2.45, 2.75) is 61.8 Å². The van der Waals surface area contributed by atoms with E-state index >= 15 is 0 Å². The van der Waals surface area contributed by atoms with Crippen LogP contribution in [0.25, 0.3) is 0 Å². The third kappa shape index (κ3) is 52.0. The molecule has 0 fully saturated rings. The van der Waals surface area contributed by atoms with Gasteiger partial charge in [-0.1, -0.05) is 97.0 Å². The summed E-state index contributed by atoms with van der Waals surface area (Å²) in [5, 5.41) is 8.63. The number of benzene rings is 3. The number of ketones is 1. The molecule has 3 nitrogen and oxygen atoms in total. The minimum Gasteiger partial charge on any atom is -0.508 e. The summed E-state index contributed by atoms with van der Waals surface area (Å²) in [5.41, 5.74) is 0.477. The van der Waals surface area contributed by atoms with Crippen LogP contribution >= 0.6 is 0 Å². The van der Waals surface area contributed by atoms with E-state index in [0.717, 1.165) is 5.56 Å². The number of para-hydroxylation sites is 1. The molecule has 3 radical (unpaired) electrons. The molecule has 0 aliphatic heterocycles. The first-order chi connectivity index (χ1) is 16.0. The number of aromatic hydroxyl groups is 1. The molecular weight excluding hydrogens is 704 g/mol. The molecule has 0 saturated carbocycles. The molecule has 0 saturated heterocycles. The zero-order valence-corrected chi connectivity index (χ0v) is 30.5. The molecule has 205 valence electrons. The molecule has 3 rings (SSSR count). The van der Waals surface area contributed by atoms with Crippen molar-refractivity contribution in [1.29, 1.82) is 0 Å². The van der Waals surface area contributed by atoms with Gasteiger partial charge in [-0.15, -0.1) is 0 Å². The van der Waals surface area contributed by atoms with Crippen LogP contribution in [0.5, 0.6) is 5.75 Å². The standard InChI is InChI=1S/C9H10O.C6H6O.C6H5.C2H3BO.3C2H6.2CH3.W.Y/c1-2-9(10)8-6-4-3-5-7-8;7-6-4-2-1-3-5-6;1-2-4-6-5-3-1;1-2(3)4;3*1-2;;;;/h3-7H,2H2,1H3;1-5,7H;1-5H;1H3;3*1-2H3;2*1H3;;/q;;-1;;;;;2*-1;;. The minimum absolute atomic E-state index is 0. The average molecular weight is 752 g/mol. The fraction of sp³-hybridized carbons (Fsp3) is 0.290. The Morgan fingerprint density at radius 1 is 0.730 bits per heavy atom. The van der Waals surface area contributed by atoms with E-state index in [4.69, 9.17) is 5.11 Å². The number of carbonyl (C=O) groups excluding carboxylic acids is 2. The molecule has 6 heteroatoms. The molecule has 3 aromatic carbocycles. The predicted octanol–water partition coefficient (Wildman–Crippen LogP) is 8.83. The smallest absolute Gasteiger partial charge is 0.167 e. The summed E-state index contributed by atoms with van der Waals surface area (Å²) in [4.78, 5) is 20.2. The summed E-state index contributed by atoms with van der Waals surface area (Å²) in [7, 11) is 4.47. The molecule has 3 aromatic rings. The van der Waals surface area contributed by atoms with Crippen LogP contribution in [-0.4, -0.2) is 24.4 Å². The van der Waals surface area contributed by atoms with E-state index in [2.05, 4.69) is 13.9 Å². The SMILES string of the molecule is CC.CC.CC.CCC(=O)c1ccccc1.Oc1ccccc1.[B]C(C)=O.[CH3-].[CH3-].[W].[Y].[c-]1ccccc1. The maximum absolute atomic E-state index is 11.0. The van der Waals surface area contributed by atoms with Crippen LogP contribution in [0, 0.1) is 20.9 Å². The van der Waals surface area contributed by atoms with Crippen molar-refractivity contribution in [1.82, 2.24) is 0 Å². The normalized spacial score (nSPS) is 6.59. The fourth-order valence-electron chi connectivity index (χ4n) is 1.60. The van der Waals surface area contributed by atoms with Gasteiger partial charge in [0.15, 0.2) is 13.6 Å². The largest absolute Gasteiger partial charge is 0.508 e. The Bertz CT molecular complexity index is 713. The second-order valence-corrected chi connectivity index (χ2v) is 5.17. The van der Waals surface area contributed by atoms with Crippen molar-refractivity contribution in [2.24, 2.45) is 0 Å². The van der Waals surface area contributed by atoms with Gasteiger partial charge in [-0.2, -0.15) is 36.4 Å². The summed E-state index contributed by atoms with van der Waals surface area (Å²) in [5.74, 6) is 0.531. The quantitative estimate of drug-likeness (QED) is 0.162. The second kappa shape index (κ2) is 51.3. The van der Waals surface area contributed by atoms with Crippen molar-refractivity contribution >= 4 is 19.3 Å². The number of Topliss-reactive ketones (excluding diaryl/α,β-unsaturated/α-hetero) is 1. The fourth-order valence-corrected chi connectivity index (χ4v) is 1.60. The van der Waals surface area contributed by atoms with Crippen LogP contribution < -0.4 is 0 Å². The second-order valence-electron chi connectivity index (χ2n) is 5.17. The van der Waals surface area contributed by atoms with E-state index in [9.17, 15) is 9.59 Å². The van der Waals surface area contributed by atoms with Crippen LogP contribution in [0.4, 0.5) is 0 Å². The van der Waals surface area contributed by atoms with E-state index in [1.54, 1.807) is 24.3 Å². The topological polar surface area (TPSA) is 54.4 Å². The molecule has 0 atom stereocenters. The Labute approximate surface area is 270 Å². The third-order valence-electron chi connectivity index (χ3n) is 2.78. The molecular formula is C31H48BO3WY-3. The van der Waals surface area contributed by atoms with Gasteiger partial charge in [0.2, 0.25) is 0 Å². The number of phenolic OH excluding ortho intramolecular Hbond substituents is 1. The summed E-state index contributed by atoms with van der Waals surface area (Å²) >= 11 is 0. The van der Waals surface area contributed by atoms with Crippen molar-refractivity contribution in [3.05, 3.63) is 117 Å². The van der Waals surface area contributed by atoms with Crippen LogP contribution in [0.1, 0.15) is 72.2 Å². The first-order valence-electron chi connectivity index (χ1n) is 11.5. The van der Waals surface area contributed by atoms with Crippen molar-refractivity contribution in [2.75, 3.05) is 0 Å². The summed E-state index contributed by atoms with van der Waals surface area (Å²) in [6.07, 6.45) is 0.587. The van der Waals surface area contributed by atoms with Crippen molar-refractivity contribution in [3.63, 3.8) is 0 Å². The Morgan fingerprint density at radius 3 is 1.22 bits per heavy atom. The van der Waals surface area contributed by atoms with E-state index < -0.39 is 0 Å². The number of rotatable bonds is 2. The first kappa shape index (κ1) is 56.0. The molecule has 37 heavy (non-hydrogen) atoms. The Hall–Kier alpha value is -1.34. The monoisotopic (exact) mass is 752 g/mol. The van der Waals surface area contributed by atoms with Gasteiger partial charge >= 0.3 is 0 Å². The molecule has 0 aliphatic rings. The van der Waals surface area contributed by atoms with Gasteiger partial charge in [0, 0.05) is 65.8 Å². The van der Waals surface area contributed by atoms with Gasteiger partial charge in [0.25, 0.3) is 0 Å². The Kier molecular flexibility index (Phi) is 77.7. The molecule has 0 aromatic heterocycles. The van der Waals surface area contributed by atoms with Gasteiger partial charge < -0.3 is 24.8 Å². The first-order valence-corrected chi connectivity index (χ1v) is 11.5. The molecule has 0 heterocycles.